The van der Waals surface area contributed by atoms with E-state index in [0.717, 1.165) is 16.7 Å². The van der Waals surface area contributed by atoms with Crippen LogP contribution in [0.4, 0.5) is 0 Å². The summed E-state index contributed by atoms with van der Waals surface area (Å²) in [6, 6.07) is 14.5. The van der Waals surface area contributed by atoms with Crippen molar-refractivity contribution in [3.8, 4) is 5.75 Å². The van der Waals surface area contributed by atoms with Crippen LogP contribution in [0.25, 0.3) is 0 Å². The maximum absolute atomic E-state index is 11.3. The lowest BCUT2D eigenvalue weighted by atomic mass is 9.98. The van der Waals surface area contributed by atoms with Crippen molar-refractivity contribution in [2.75, 3.05) is 0 Å². The van der Waals surface area contributed by atoms with Crippen LogP contribution in [-0.2, 0) is 11.2 Å². The van der Waals surface area contributed by atoms with Crippen LogP contribution in [0.1, 0.15) is 36.1 Å². The number of benzene rings is 2. The molecule has 0 aliphatic carbocycles. The molecule has 0 radical (unpaired) electrons. The monoisotopic (exact) mass is 327 g/mol. The molecular weight excluding hydrogens is 306 g/mol. The number of aliphatic carboxylic acids is 1. The predicted molar refractivity (Wildman–Crippen MR) is 92.2 cm³/mol. The van der Waals surface area contributed by atoms with E-state index in [9.17, 15) is 9.70 Å². The van der Waals surface area contributed by atoms with Crippen molar-refractivity contribution in [1.82, 2.24) is 0 Å². The van der Waals surface area contributed by atoms with Crippen molar-refractivity contribution in [2.45, 2.75) is 38.8 Å². The number of hydrogen-bond acceptors (Lipinski definition) is 4. The molecule has 0 saturated carbocycles. The fourth-order valence-corrected chi connectivity index (χ4v) is 2.53. The molecule has 5 nitrogen and oxygen atoms in total. The Hall–Kier alpha value is -2.69. The summed E-state index contributed by atoms with van der Waals surface area (Å²) in [7, 11) is 0. The maximum Gasteiger partial charge on any atom is 0.344 e. The lowest BCUT2D eigenvalue weighted by Crippen LogP contribution is -2.26. The van der Waals surface area contributed by atoms with Gasteiger partial charge in [-0.25, -0.2) is 4.79 Å². The van der Waals surface area contributed by atoms with Crippen LogP contribution < -0.4 is 4.74 Å². The molecule has 1 N–H and O–H groups in total. The number of nitrogens with zero attached hydrogens (tertiary/aromatic N) is 1. The first-order chi connectivity index (χ1) is 11.5. The fraction of sp³-hybridized carbons (Fsp3) is 0.316. The maximum atomic E-state index is 11.3. The Labute approximate surface area is 141 Å². The van der Waals surface area contributed by atoms with Crippen LogP contribution >= 0.6 is 0 Å². The van der Waals surface area contributed by atoms with Gasteiger partial charge in [0.2, 0.25) is 0 Å². The molecule has 126 valence electrons. The van der Waals surface area contributed by atoms with Crippen molar-refractivity contribution >= 4 is 5.97 Å². The van der Waals surface area contributed by atoms with Gasteiger partial charge in [0.05, 0.1) is 0 Å². The number of nitroso groups, excluding NO2 is 1. The third-order valence-corrected chi connectivity index (χ3v) is 3.90. The Bertz CT molecular complexity index is 700. The lowest BCUT2D eigenvalue weighted by Gasteiger charge is -2.17. The molecule has 0 saturated heterocycles. The van der Waals surface area contributed by atoms with E-state index in [4.69, 9.17) is 9.84 Å². The van der Waals surface area contributed by atoms with Crippen LogP contribution in [0, 0.1) is 11.8 Å². The van der Waals surface area contributed by atoms with E-state index in [2.05, 4.69) is 5.18 Å². The molecule has 2 aromatic carbocycles. The standard InChI is InChI=1S/C19H21NO4/c1-3-17(19(21)22)24-18-10-9-15(11-13(18)2)16(20-23)12-14-7-5-4-6-8-14/h4-11,16-17H,3,12H2,1-2H3,(H,21,22). The Morgan fingerprint density at radius 2 is 1.92 bits per heavy atom. The van der Waals surface area contributed by atoms with Gasteiger partial charge >= 0.3 is 5.97 Å². The second kappa shape index (κ2) is 8.24. The topological polar surface area (TPSA) is 76.0 Å². The minimum Gasteiger partial charge on any atom is -0.479 e. The number of ether oxygens (including phenoxy) is 1. The van der Waals surface area contributed by atoms with Gasteiger partial charge in [-0.3, -0.25) is 0 Å². The molecule has 2 unspecified atom stereocenters. The molecule has 2 aromatic rings. The molecule has 5 heteroatoms. The van der Waals surface area contributed by atoms with E-state index in [1.807, 2.05) is 43.3 Å². The predicted octanol–water partition coefficient (Wildman–Crippen LogP) is 4.29. The van der Waals surface area contributed by atoms with Crippen LogP contribution in [0.5, 0.6) is 5.75 Å². The van der Waals surface area contributed by atoms with E-state index in [1.54, 1.807) is 19.1 Å². The Morgan fingerprint density at radius 3 is 2.46 bits per heavy atom. The van der Waals surface area contributed by atoms with E-state index < -0.39 is 18.1 Å². The van der Waals surface area contributed by atoms with Crippen molar-refractivity contribution in [3.63, 3.8) is 0 Å². The summed E-state index contributed by atoms with van der Waals surface area (Å²) in [6.07, 6.45) is 0.0265. The van der Waals surface area contributed by atoms with Crippen LogP contribution in [-0.4, -0.2) is 17.2 Å². The molecule has 0 spiro atoms. The Balaban J connectivity index is 2.17. The largest absolute Gasteiger partial charge is 0.479 e. The average molecular weight is 327 g/mol. The van der Waals surface area contributed by atoms with Gasteiger partial charge in [0.1, 0.15) is 11.8 Å². The summed E-state index contributed by atoms with van der Waals surface area (Å²) in [4.78, 5) is 22.4. The third-order valence-electron chi connectivity index (χ3n) is 3.90. The first-order valence-corrected chi connectivity index (χ1v) is 7.91. The zero-order valence-electron chi connectivity index (χ0n) is 13.8. The zero-order valence-corrected chi connectivity index (χ0v) is 13.8. The first kappa shape index (κ1) is 17.7. The van der Waals surface area contributed by atoms with Gasteiger partial charge in [0.15, 0.2) is 6.10 Å². The molecule has 0 amide bonds. The fourth-order valence-electron chi connectivity index (χ4n) is 2.53. The summed E-state index contributed by atoms with van der Waals surface area (Å²) in [6.45, 7) is 3.59. The summed E-state index contributed by atoms with van der Waals surface area (Å²) in [5.74, 6) is -0.477. The normalized spacial score (nSPS) is 13.1. The number of carbonyl (C=O) groups is 1. The van der Waals surface area contributed by atoms with E-state index in [1.165, 1.54) is 0 Å². The molecule has 0 aromatic heterocycles. The average Bonchev–Trinajstić information content (AvgIpc) is 2.59. The van der Waals surface area contributed by atoms with Gasteiger partial charge in [-0.1, -0.05) is 54.6 Å². The van der Waals surface area contributed by atoms with Gasteiger partial charge in [-0.2, -0.15) is 4.91 Å². The summed E-state index contributed by atoms with van der Waals surface area (Å²) < 4.78 is 5.53. The number of hydrogen-bond donors (Lipinski definition) is 1. The van der Waals surface area contributed by atoms with Crippen LogP contribution in [0.15, 0.2) is 53.7 Å². The van der Waals surface area contributed by atoms with Crippen molar-refractivity contribution in [3.05, 3.63) is 70.1 Å². The van der Waals surface area contributed by atoms with Gasteiger partial charge < -0.3 is 9.84 Å². The molecule has 2 rings (SSSR count). The zero-order chi connectivity index (χ0) is 17.5. The summed E-state index contributed by atoms with van der Waals surface area (Å²) in [5, 5.41) is 12.3. The van der Waals surface area contributed by atoms with Gasteiger partial charge in [0, 0.05) is 6.42 Å². The highest BCUT2D eigenvalue weighted by Gasteiger charge is 2.19. The van der Waals surface area contributed by atoms with Gasteiger partial charge in [-0.15, -0.1) is 0 Å². The number of rotatable bonds is 8. The second-order valence-electron chi connectivity index (χ2n) is 5.69. The highest BCUT2D eigenvalue weighted by atomic mass is 16.5. The highest BCUT2D eigenvalue weighted by Crippen LogP contribution is 2.28. The van der Waals surface area contributed by atoms with Crippen molar-refractivity contribution in [1.29, 1.82) is 0 Å². The smallest absolute Gasteiger partial charge is 0.344 e. The number of aryl methyl sites for hydroxylation is 1. The number of carboxylic acid groups (broad SMARTS) is 1. The quantitative estimate of drug-likeness (QED) is 0.734. The van der Waals surface area contributed by atoms with Gasteiger partial charge in [-0.05, 0) is 36.1 Å². The molecule has 24 heavy (non-hydrogen) atoms. The van der Waals surface area contributed by atoms with Crippen LogP contribution in [0.3, 0.4) is 0 Å². The molecular formula is C19H21NO4. The molecule has 2 atom stereocenters. The van der Waals surface area contributed by atoms with Crippen molar-refractivity contribution < 1.29 is 14.6 Å². The van der Waals surface area contributed by atoms with E-state index in [0.29, 0.717) is 18.6 Å². The number of carboxylic acids is 1. The SMILES string of the molecule is CCC(Oc1ccc(C(Cc2ccccc2)N=O)cc1C)C(=O)O. The van der Waals surface area contributed by atoms with E-state index >= 15 is 0 Å². The Kier molecular flexibility index (Phi) is 6.07. The minimum absolute atomic E-state index is 0.378. The van der Waals surface area contributed by atoms with Crippen LogP contribution in [0.2, 0.25) is 0 Å². The lowest BCUT2D eigenvalue weighted by molar-refractivity contribution is -0.145. The Morgan fingerprint density at radius 1 is 1.21 bits per heavy atom. The third kappa shape index (κ3) is 4.41. The molecule has 0 bridgehead atoms. The molecule has 0 aliphatic rings. The minimum atomic E-state index is -0.988. The van der Waals surface area contributed by atoms with Gasteiger partial charge in [0.25, 0.3) is 0 Å². The molecule has 0 aliphatic heterocycles. The van der Waals surface area contributed by atoms with E-state index in [-0.39, 0.29) is 0 Å². The second-order valence-corrected chi connectivity index (χ2v) is 5.69. The molecule has 0 fully saturated rings. The summed E-state index contributed by atoms with van der Waals surface area (Å²) >= 11 is 0. The molecule has 0 heterocycles. The van der Waals surface area contributed by atoms with Crippen molar-refractivity contribution in [2.24, 2.45) is 5.18 Å². The summed E-state index contributed by atoms with van der Waals surface area (Å²) in [5.41, 5.74) is 2.62. The highest BCUT2D eigenvalue weighted by molar-refractivity contribution is 5.72. The first-order valence-electron chi connectivity index (χ1n) is 7.91.